The first-order valence-electron chi connectivity index (χ1n) is 10.7. The molecule has 0 fully saturated rings. The van der Waals surface area contributed by atoms with Gasteiger partial charge in [-0.05, 0) is 54.8 Å². The molecule has 0 aliphatic carbocycles. The third-order valence-corrected chi connectivity index (χ3v) is 5.56. The third kappa shape index (κ3) is 5.18. The fraction of sp³-hybridized carbons (Fsp3) is 0.280. The van der Waals surface area contributed by atoms with Crippen molar-refractivity contribution in [1.29, 1.82) is 0 Å². The van der Waals surface area contributed by atoms with Crippen LogP contribution in [0, 0.1) is 0 Å². The number of benzene rings is 1. The Morgan fingerprint density at radius 1 is 1.03 bits per heavy atom. The molecule has 164 valence electrons. The summed E-state index contributed by atoms with van der Waals surface area (Å²) in [7, 11) is 3.60. The van der Waals surface area contributed by atoms with Gasteiger partial charge in [0.15, 0.2) is 5.43 Å². The number of pyridine rings is 2. The molecule has 0 bridgehead atoms. The van der Waals surface area contributed by atoms with Gasteiger partial charge in [-0.25, -0.2) is 4.98 Å². The van der Waals surface area contributed by atoms with E-state index in [1.54, 1.807) is 25.7 Å². The molecule has 0 spiro atoms. The molecule has 0 N–H and O–H groups in total. The van der Waals surface area contributed by atoms with Gasteiger partial charge in [-0.3, -0.25) is 9.69 Å². The molecule has 32 heavy (non-hydrogen) atoms. The molecular weight excluding hydrogens is 402 g/mol. The molecule has 0 amide bonds. The molecule has 7 nitrogen and oxygen atoms in total. The SMILES string of the molecule is COc1cc(CN(CCCc2ccnnc2)Cc2cn(C)c3ccccc3c2=O)ccn1. The molecule has 1 aromatic carbocycles. The lowest BCUT2D eigenvalue weighted by Gasteiger charge is -2.23. The van der Waals surface area contributed by atoms with Gasteiger partial charge in [0.1, 0.15) is 0 Å². The number of hydrogen-bond acceptors (Lipinski definition) is 6. The van der Waals surface area contributed by atoms with Crippen molar-refractivity contribution in [3.05, 3.63) is 94.2 Å². The van der Waals surface area contributed by atoms with Gasteiger partial charge in [0.2, 0.25) is 5.88 Å². The summed E-state index contributed by atoms with van der Waals surface area (Å²) in [5.74, 6) is 0.590. The van der Waals surface area contributed by atoms with Crippen molar-refractivity contribution in [2.75, 3.05) is 13.7 Å². The molecule has 4 aromatic rings. The second kappa shape index (κ2) is 10.2. The van der Waals surface area contributed by atoms with Crippen LogP contribution in [0.1, 0.15) is 23.1 Å². The van der Waals surface area contributed by atoms with E-state index in [1.807, 2.05) is 60.3 Å². The summed E-state index contributed by atoms with van der Waals surface area (Å²) in [5, 5.41) is 8.55. The summed E-state index contributed by atoms with van der Waals surface area (Å²) in [6.45, 7) is 2.10. The number of rotatable bonds is 9. The Morgan fingerprint density at radius 3 is 2.69 bits per heavy atom. The van der Waals surface area contributed by atoms with Gasteiger partial charge >= 0.3 is 0 Å². The van der Waals surface area contributed by atoms with Crippen LogP contribution < -0.4 is 10.2 Å². The molecule has 0 unspecified atom stereocenters. The molecule has 4 rings (SSSR count). The molecule has 0 radical (unpaired) electrons. The van der Waals surface area contributed by atoms with E-state index in [9.17, 15) is 4.79 Å². The van der Waals surface area contributed by atoms with E-state index >= 15 is 0 Å². The maximum atomic E-state index is 13.2. The number of nitrogens with zero attached hydrogens (tertiary/aromatic N) is 5. The molecule has 0 aliphatic heterocycles. The minimum atomic E-state index is 0.0920. The van der Waals surface area contributed by atoms with Crippen molar-refractivity contribution in [3.63, 3.8) is 0 Å². The van der Waals surface area contributed by atoms with E-state index in [0.717, 1.165) is 47.0 Å². The van der Waals surface area contributed by atoms with Crippen LogP contribution in [0.2, 0.25) is 0 Å². The Bertz CT molecular complexity index is 1240. The minimum Gasteiger partial charge on any atom is -0.481 e. The Labute approximate surface area is 187 Å². The Balaban J connectivity index is 1.57. The van der Waals surface area contributed by atoms with Gasteiger partial charge in [0.25, 0.3) is 0 Å². The number of aryl methyl sites for hydroxylation is 2. The fourth-order valence-corrected chi connectivity index (χ4v) is 3.97. The van der Waals surface area contributed by atoms with E-state index in [4.69, 9.17) is 4.74 Å². The predicted molar refractivity (Wildman–Crippen MR) is 124 cm³/mol. The van der Waals surface area contributed by atoms with E-state index in [2.05, 4.69) is 20.1 Å². The van der Waals surface area contributed by atoms with Crippen LogP contribution in [0.25, 0.3) is 10.9 Å². The molecule has 3 aromatic heterocycles. The topological polar surface area (TPSA) is 73.1 Å². The summed E-state index contributed by atoms with van der Waals surface area (Å²) in [6, 6.07) is 13.7. The highest BCUT2D eigenvalue weighted by atomic mass is 16.5. The average Bonchev–Trinajstić information content (AvgIpc) is 2.83. The molecule has 0 saturated heterocycles. The standard InChI is InChI=1S/C25H27N5O2/c1-29-17-21(25(31)22-7-3-4-8-23(22)29)18-30(13-5-6-19-10-12-27-28-15-19)16-20-9-11-26-24(14-20)32-2/h3-4,7-12,14-15,17H,5-6,13,16,18H2,1-2H3. The zero-order valence-electron chi connectivity index (χ0n) is 18.4. The lowest BCUT2D eigenvalue weighted by molar-refractivity contribution is 0.252. The maximum Gasteiger partial charge on any atom is 0.213 e. The van der Waals surface area contributed by atoms with Gasteiger partial charge < -0.3 is 9.30 Å². The van der Waals surface area contributed by atoms with Gasteiger partial charge in [-0.15, -0.1) is 0 Å². The first-order chi connectivity index (χ1) is 15.6. The molecule has 0 aliphatic rings. The predicted octanol–water partition coefficient (Wildman–Crippen LogP) is 3.37. The van der Waals surface area contributed by atoms with Crippen LogP contribution in [-0.2, 0) is 26.6 Å². The van der Waals surface area contributed by atoms with Crippen molar-refractivity contribution >= 4 is 10.9 Å². The zero-order chi connectivity index (χ0) is 22.3. The van der Waals surface area contributed by atoms with Crippen molar-refractivity contribution in [1.82, 2.24) is 24.6 Å². The molecule has 0 saturated carbocycles. The number of fused-ring (bicyclic) bond motifs is 1. The smallest absolute Gasteiger partial charge is 0.213 e. The average molecular weight is 430 g/mol. The van der Waals surface area contributed by atoms with E-state index in [1.165, 1.54) is 0 Å². The normalized spacial score (nSPS) is 11.2. The minimum absolute atomic E-state index is 0.0920. The number of aromatic nitrogens is 4. The summed E-state index contributed by atoms with van der Waals surface area (Å²) in [5.41, 5.74) is 4.08. The van der Waals surface area contributed by atoms with Crippen molar-refractivity contribution in [3.8, 4) is 5.88 Å². The van der Waals surface area contributed by atoms with Gasteiger partial charge in [0.05, 0.1) is 18.8 Å². The van der Waals surface area contributed by atoms with Gasteiger partial charge in [-0.1, -0.05) is 12.1 Å². The third-order valence-electron chi connectivity index (χ3n) is 5.56. The lowest BCUT2D eigenvalue weighted by Crippen LogP contribution is -2.28. The van der Waals surface area contributed by atoms with Gasteiger partial charge in [-0.2, -0.15) is 10.2 Å². The van der Waals surface area contributed by atoms with E-state index < -0.39 is 0 Å². The van der Waals surface area contributed by atoms with E-state index in [-0.39, 0.29) is 5.43 Å². The van der Waals surface area contributed by atoms with Crippen molar-refractivity contribution in [2.45, 2.75) is 25.9 Å². The number of ether oxygens (including phenoxy) is 1. The van der Waals surface area contributed by atoms with E-state index in [0.29, 0.717) is 19.0 Å². The van der Waals surface area contributed by atoms with Crippen LogP contribution in [0.15, 0.2) is 72.0 Å². The van der Waals surface area contributed by atoms with Crippen LogP contribution in [0.4, 0.5) is 0 Å². The second-order valence-corrected chi connectivity index (χ2v) is 7.88. The highest BCUT2D eigenvalue weighted by Gasteiger charge is 2.13. The molecular formula is C25H27N5O2. The Hall–Kier alpha value is -3.58. The van der Waals surface area contributed by atoms with Crippen LogP contribution in [0.3, 0.4) is 0 Å². The van der Waals surface area contributed by atoms with Crippen molar-refractivity contribution in [2.24, 2.45) is 7.05 Å². The summed E-state index contributed by atoms with van der Waals surface area (Å²) in [4.78, 5) is 19.7. The van der Waals surface area contributed by atoms with Crippen LogP contribution in [0.5, 0.6) is 5.88 Å². The van der Waals surface area contributed by atoms with Crippen LogP contribution >= 0.6 is 0 Å². The van der Waals surface area contributed by atoms with Crippen LogP contribution in [-0.4, -0.2) is 38.3 Å². The Morgan fingerprint density at radius 2 is 1.88 bits per heavy atom. The molecule has 7 heteroatoms. The molecule has 3 heterocycles. The fourth-order valence-electron chi connectivity index (χ4n) is 3.97. The summed E-state index contributed by atoms with van der Waals surface area (Å²) in [6.07, 6.45) is 9.08. The number of hydrogen-bond donors (Lipinski definition) is 0. The first-order valence-corrected chi connectivity index (χ1v) is 10.7. The number of methoxy groups -OCH3 is 1. The highest BCUT2D eigenvalue weighted by Crippen LogP contribution is 2.16. The van der Waals surface area contributed by atoms with Gasteiger partial charge in [0, 0.05) is 55.7 Å². The maximum absolute atomic E-state index is 13.2. The summed E-state index contributed by atoms with van der Waals surface area (Å²) < 4.78 is 7.31. The second-order valence-electron chi connectivity index (χ2n) is 7.88. The highest BCUT2D eigenvalue weighted by molar-refractivity contribution is 5.79. The van der Waals surface area contributed by atoms with Crippen molar-refractivity contribution < 1.29 is 4.74 Å². The first kappa shape index (κ1) is 21.6. The molecule has 0 atom stereocenters. The zero-order valence-corrected chi connectivity index (χ0v) is 18.4. The number of para-hydroxylation sites is 1. The quantitative estimate of drug-likeness (QED) is 0.406. The monoisotopic (exact) mass is 429 g/mol. The largest absolute Gasteiger partial charge is 0.481 e. The summed E-state index contributed by atoms with van der Waals surface area (Å²) >= 11 is 0. The lowest BCUT2D eigenvalue weighted by atomic mass is 10.1. The Kier molecular flexibility index (Phi) is 6.87.